The monoisotopic (exact) mass is 417 g/mol. The molecule has 1 rings (SSSR count). The van der Waals surface area contributed by atoms with E-state index in [9.17, 15) is 13.2 Å². The molecule has 28 heavy (non-hydrogen) atoms. The SMILES string of the molecule is CC(C)(CCS(=O)(=O)CCOCCOCCO)NC(=O)OCc1ccccc1. The van der Waals surface area contributed by atoms with E-state index in [0.29, 0.717) is 6.61 Å². The molecule has 0 bridgehead atoms. The van der Waals surface area contributed by atoms with Gasteiger partial charge in [-0.05, 0) is 25.8 Å². The van der Waals surface area contributed by atoms with Gasteiger partial charge in [0.05, 0.1) is 44.5 Å². The molecule has 1 amide bonds. The number of rotatable bonds is 14. The van der Waals surface area contributed by atoms with Crippen LogP contribution in [-0.2, 0) is 30.7 Å². The number of nitrogens with one attached hydrogen (secondary N) is 1. The van der Waals surface area contributed by atoms with Gasteiger partial charge in [-0.1, -0.05) is 30.3 Å². The predicted molar refractivity (Wildman–Crippen MR) is 106 cm³/mol. The second kappa shape index (κ2) is 12.7. The molecule has 0 aliphatic rings. The molecular formula is C19H31NO7S. The van der Waals surface area contributed by atoms with Gasteiger partial charge >= 0.3 is 6.09 Å². The zero-order valence-corrected chi connectivity index (χ0v) is 17.4. The quantitative estimate of drug-likeness (QED) is 0.442. The Kier molecular flexibility index (Phi) is 11.1. The lowest BCUT2D eigenvalue weighted by molar-refractivity contribution is 0.0375. The molecule has 0 atom stereocenters. The Balaban J connectivity index is 2.25. The maximum Gasteiger partial charge on any atom is 0.407 e. The first kappa shape index (κ1) is 24.4. The average molecular weight is 418 g/mol. The van der Waals surface area contributed by atoms with Crippen LogP contribution in [0.1, 0.15) is 25.8 Å². The van der Waals surface area contributed by atoms with Crippen molar-refractivity contribution in [1.82, 2.24) is 5.32 Å². The number of aliphatic hydroxyl groups is 1. The van der Waals surface area contributed by atoms with Crippen molar-refractivity contribution in [2.24, 2.45) is 0 Å². The van der Waals surface area contributed by atoms with Crippen molar-refractivity contribution in [3.63, 3.8) is 0 Å². The maximum absolute atomic E-state index is 12.1. The largest absolute Gasteiger partial charge is 0.445 e. The van der Waals surface area contributed by atoms with Crippen LogP contribution in [0.3, 0.4) is 0 Å². The fraction of sp³-hybridized carbons (Fsp3) is 0.632. The van der Waals surface area contributed by atoms with E-state index in [4.69, 9.17) is 19.3 Å². The normalized spacial score (nSPS) is 12.0. The van der Waals surface area contributed by atoms with Gasteiger partial charge in [0.2, 0.25) is 0 Å². The maximum atomic E-state index is 12.1. The van der Waals surface area contributed by atoms with E-state index in [0.717, 1.165) is 5.56 Å². The number of ether oxygens (including phenoxy) is 3. The third kappa shape index (κ3) is 11.9. The van der Waals surface area contributed by atoms with Crippen LogP contribution in [0.25, 0.3) is 0 Å². The van der Waals surface area contributed by atoms with Gasteiger partial charge in [0.1, 0.15) is 6.61 Å². The van der Waals surface area contributed by atoms with Crippen LogP contribution in [0.2, 0.25) is 0 Å². The van der Waals surface area contributed by atoms with Crippen molar-refractivity contribution in [1.29, 1.82) is 0 Å². The molecule has 0 radical (unpaired) electrons. The number of alkyl carbamates (subject to hydrolysis) is 1. The molecule has 0 spiro atoms. The van der Waals surface area contributed by atoms with E-state index < -0.39 is 21.5 Å². The van der Waals surface area contributed by atoms with Crippen LogP contribution < -0.4 is 5.32 Å². The van der Waals surface area contributed by atoms with Crippen LogP contribution in [0.5, 0.6) is 0 Å². The van der Waals surface area contributed by atoms with Crippen LogP contribution in [0, 0.1) is 0 Å². The lowest BCUT2D eigenvalue weighted by Crippen LogP contribution is -2.45. The molecule has 0 saturated carbocycles. The Morgan fingerprint density at radius 1 is 1.04 bits per heavy atom. The lowest BCUT2D eigenvalue weighted by Gasteiger charge is -2.25. The van der Waals surface area contributed by atoms with E-state index in [1.165, 1.54) is 0 Å². The van der Waals surface area contributed by atoms with E-state index in [1.807, 2.05) is 30.3 Å². The smallest absolute Gasteiger partial charge is 0.407 e. The summed E-state index contributed by atoms with van der Waals surface area (Å²) in [5.74, 6) is -0.162. The van der Waals surface area contributed by atoms with Crippen LogP contribution in [-0.4, -0.2) is 69.7 Å². The lowest BCUT2D eigenvalue weighted by atomic mass is 10.0. The molecule has 0 aliphatic heterocycles. The summed E-state index contributed by atoms with van der Waals surface area (Å²) in [4.78, 5) is 11.9. The zero-order valence-electron chi connectivity index (χ0n) is 16.6. The number of sulfone groups is 1. The topological polar surface area (TPSA) is 111 Å². The highest BCUT2D eigenvalue weighted by atomic mass is 32.2. The van der Waals surface area contributed by atoms with E-state index in [1.54, 1.807) is 13.8 Å². The van der Waals surface area contributed by atoms with Crippen molar-refractivity contribution < 1.29 is 32.5 Å². The molecule has 9 heteroatoms. The van der Waals surface area contributed by atoms with Gasteiger partial charge in [-0.3, -0.25) is 0 Å². The van der Waals surface area contributed by atoms with Gasteiger partial charge in [0, 0.05) is 5.54 Å². The minimum absolute atomic E-state index is 0.0575. The summed E-state index contributed by atoms with van der Waals surface area (Å²) in [6.45, 7) is 4.49. The highest BCUT2D eigenvalue weighted by Gasteiger charge is 2.24. The van der Waals surface area contributed by atoms with E-state index in [2.05, 4.69) is 5.32 Å². The summed E-state index contributed by atoms with van der Waals surface area (Å²) in [6, 6.07) is 9.30. The van der Waals surface area contributed by atoms with Crippen molar-refractivity contribution >= 4 is 15.9 Å². The Labute approximate surface area is 167 Å². The second-order valence-corrected chi connectivity index (χ2v) is 9.22. The summed E-state index contributed by atoms with van der Waals surface area (Å²) in [5, 5.41) is 11.3. The number of benzene rings is 1. The summed E-state index contributed by atoms with van der Waals surface area (Å²) < 4.78 is 39.6. The van der Waals surface area contributed by atoms with Gasteiger partial charge in [-0.2, -0.15) is 0 Å². The summed E-state index contributed by atoms with van der Waals surface area (Å²) in [7, 11) is -3.30. The molecule has 160 valence electrons. The molecule has 0 heterocycles. The van der Waals surface area contributed by atoms with Crippen molar-refractivity contribution in [2.75, 3.05) is 44.5 Å². The molecule has 8 nitrogen and oxygen atoms in total. The van der Waals surface area contributed by atoms with Gasteiger partial charge in [0.25, 0.3) is 0 Å². The van der Waals surface area contributed by atoms with Crippen LogP contribution >= 0.6 is 0 Å². The molecule has 2 N–H and O–H groups in total. The van der Waals surface area contributed by atoms with Gasteiger partial charge < -0.3 is 24.6 Å². The molecule has 0 unspecified atom stereocenters. The number of carbonyl (C=O) groups excluding carboxylic acids is 1. The van der Waals surface area contributed by atoms with E-state index >= 15 is 0 Å². The third-order valence-electron chi connectivity index (χ3n) is 3.84. The Morgan fingerprint density at radius 2 is 1.68 bits per heavy atom. The molecular weight excluding hydrogens is 386 g/mol. The summed E-state index contributed by atoms with van der Waals surface area (Å²) in [5.41, 5.74) is 0.152. The fourth-order valence-corrected chi connectivity index (χ4v) is 3.58. The zero-order chi connectivity index (χ0) is 20.9. The molecule has 1 aromatic rings. The van der Waals surface area contributed by atoms with Gasteiger partial charge in [0.15, 0.2) is 9.84 Å². The number of aliphatic hydroxyl groups excluding tert-OH is 1. The van der Waals surface area contributed by atoms with Gasteiger partial charge in [-0.25, -0.2) is 13.2 Å². The molecule has 1 aromatic carbocycles. The molecule has 0 saturated heterocycles. The predicted octanol–water partition coefficient (Wildman–Crippen LogP) is 1.52. The Morgan fingerprint density at radius 3 is 2.32 bits per heavy atom. The number of amides is 1. The van der Waals surface area contributed by atoms with E-state index in [-0.39, 0.29) is 51.0 Å². The highest BCUT2D eigenvalue weighted by Crippen LogP contribution is 2.12. The minimum atomic E-state index is -3.30. The minimum Gasteiger partial charge on any atom is -0.445 e. The second-order valence-electron chi connectivity index (χ2n) is 6.92. The first-order valence-corrected chi connectivity index (χ1v) is 11.0. The van der Waals surface area contributed by atoms with Gasteiger partial charge in [-0.15, -0.1) is 0 Å². The van der Waals surface area contributed by atoms with Crippen LogP contribution in [0.15, 0.2) is 30.3 Å². The standard InChI is InChI=1S/C19H31NO7S/c1-19(2,20-18(22)27-16-17-6-4-3-5-7-17)8-14-28(23,24)15-13-26-12-11-25-10-9-21/h3-7,21H,8-16H2,1-2H3,(H,20,22). The van der Waals surface area contributed by atoms with Crippen molar-refractivity contribution in [3.05, 3.63) is 35.9 Å². The Hall–Kier alpha value is -1.68. The third-order valence-corrected chi connectivity index (χ3v) is 5.45. The van der Waals surface area contributed by atoms with Crippen molar-refractivity contribution in [3.8, 4) is 0 Å². The van der Waals surface area contributed by atoms with Crippen molar-refractivity contribution in [2.45, 2.75) is 32.4 Å². The number of carbonyl (C=O) groups is 1. The van der Waals surface area contributed by atoms with Crippen LogP contribution in [0.4, 0.5) is 4.79 Å². The number of hydrogen-bond acceptors (Lipinski definition) is 7. The molecule has 0 fully saturated rings. The number of hydrogen-bond donors (Lipinski definition) is 2. The highest BCUT2D eigenvalue weighted by molar-refractivity contribution is 7.91. The first-order chi connectivity index (χ1) is 13.2. The average Bonchev–Trinajstić information content (AvgIpc) is 2.65. The summed E-state index contributed by atoms with van der Waals surface area (Å²) in [6.07, 6.45) is -0.326. The fourth-order valence-electron chi connectivity index (χ4n) is 2.18. The molecule has 0 aromatic heterocycles. The summed E-state index contributed by atoms with van der Waals surface area (Å²) >= 11 is 0. The Bertz CT molecular complexity index is 662. The molecule has 0 aliphatic carbocycles. The first-order valence-electron chi connectivity index (χ1n) is 9.20.